The second-order valence-corrected chi connectivity index (χ2v) is 5.67. The predicted octanol–water partition coefficient (Wildman–Crippen LogP) is 0.528. The number of pyridine rings is 1. The van der Waals surface area contributed by atoms with Crippen molar-refractivity contribution in [2.24, 2.45) is 5.92 Å². The van der Waals surface area contributed by atoms with Gasteiger partial charge in [-0.15, -0.1) is 0 Å². The highest BCUT2D eigenvalue weighted by atomic mass is 16.5. The highest BCUT2D eigenvalue weighted by Gasteiger charge is 2.47. The van der Waals surface area contributed by atoms with Crippen molar-refractivity contribution in [1.82, 2.24) is 10.3 Å². The number of ether oxygens (including phenoxy) is 1. The lowest BCUT2D eigenvalue weighted by atomic mass is 10.1. The number of amides is 1. The summed E-state index contributed by atoms with van der Waals surface area (Å²) in [5, 5.41) is 16.4. The molecule has 0 bridgehead atoms. The monoisotopic (exact) mass is 277 g/mol. The molecule has 0 aromatic carbocycles. The van der Waals surface area contributed by atoms with Crippen LogP contribution in [0.4, 0.5) is 5.82 Å². The molecular weight excluding hydrogens is 258 g/mol. The number of aromatic nitrogens is 1. The third-order valence-corrected chi connectivity index (χ3v) is 3.87. The zero-order valence-electron chi connectivity index (χ0n) is 11.5. The first-order valence-corrected chi connectivity index (χ1v) is 6.93. The molecule has 6 nitrogen and oxygen atoms in total. The van der Waals surface area contributed by atoms with E-state index in [1.165, 1.54) is 0 Å². The third-order valence-electron chi connectivity index (χ3n) is 3.87. The number of hydrogen-bond donors (Lipinski definition) is 3. The molecule has 4 atom stereocenters. The topological polar surface area (TPSA) is 83.5 Å². The van der Waals surface area contributed by atoms with Crippen LogP contribution in [0.1, 0.15) is 20.3 Å². The number of rotatable bonds is 2. The van der Waals surface area contributed by atoms with Gasteiger partial charge in [0, 0.05) is 18.5 Å². The van der Waals surface area contributed by atoms with E-state index in [9.17, 15) is 9.90 Å². The molecule has 2 heterocycles. The second kappa shape index (κ2) is 4.94. The number of aliphatic hydroxyl groups excluding tert-OH is 1. The molecule has 1 fully saturated rings. The van der Waals surface area contributed by atoms with E-state index < -0.39 is 6.10 Å². The van der Waals surface area contributed by atoms with Crippen LogP contribution >= 0.6 is 0 Å². The first-order valence-electron chi connectivity index (χ1n) is 6.93. The number of carbonyl (C=O) groups is 1. The summed E-state index contributed by atoms with van der Waals surface area (Å²) >= 11 is 0. The fraction of sp³-hybridized carbons (Fsp3) is 0.571. The van der Waals surface area contributed by atoms with Gasteiger partial charge in [-0.3, -0.25) is 4.79 Å². The van der Waals surface area contributed by atoms with E-state index in [2.05, 4.69) is 15.6 Å². The Kier molecular flexibility index (Phi) is 3.25. The lowest BCUT2D eigenvalue weighted by Crippen LogP contribution is -2.48. The van der Waals surface area contributed by atoms with E-state index in [4.69, 9.17) is 4.74 Å². The van der Waals surface area contributed by atoms with Crippen LogP contribution < -0.4 is 15.4 Å². The van der Waals surface area contributed by atoms with Crippen LogP contribution in [-0.4, -0.2) is 40.3 Å². The van der Waals surface area contributed by atoms with Gasteiger partial charge in [0.1, 0.15) is 6.10 Å². The van der Waals surface area contributed by atoms with Crippen LogP contribution in [0.2, 0.25) is 0 Å². The molecule has 0 saturated heterocycles. The van der Waals surface area contributed by atoms with Crippen LogP contribution in [0.5, 0.6) is 5.75 Å². The molecule has 0 spiro atoms. The summed E-state index contributed by atoms with van der Waals surface area (Å²) < 4.78 is 5.86. The molecule has 20 heavy (non-hydrogen) atoms. The van der Waals surface area contributed by atoms with Crippen LogP contribution in [-0.2, 0) is 4.79 Å². The highest BCUT2D eigenvalue weighted by molar-refractivity contribution is 5.78. The van der Waals surface area contributed by atoms with Gasteiger partial charge < -0.3 is 20.5 Å². The van der Waals surface area contributed by atoms with Gasteiger partial charge in [0.05, 0.1) is 18.2 Å². The summed E-state index contributed by atoms with van der Waals surface area (Å²) in [7, 11) is 0. The van der Waals surface area contributed by atoms with Crippen LogP contribution in [0.3, 0.4) is 0 Å². The van der Waals surface area contributed by atoms with Gasteiger partial charge in [-0.05, 0) is 12.1 Å². The van der Waals surface area contributed by atoms with Gasteiger partial charge in [0.2, 0.25) is 5.91 Å². The van der Waals surface area contributed by atoms with Crippen molar-refractivity contribution in [3.63, 3.8) is 0 Å². The lowest BCUT2D eigenvalue weighted by molar-refractivity contribution is -0.125. The molecule has 2 aliphatic rings. The first kappa shape index (κ1) is 13.2. The summed E-state index contributed by atoms with van der Waals surface area (Å²) in [6.45, 7) is 3.66. The van der Waals surface area contributed by atoms with E-state index in [-0.39, 0.29) is 30.0 Å². The fourth-order valence-corrected chi connectivity index (χ4v) is 2.71. The molecular formula is C14H19N3O3. The minimum Gasteiger partial charge on any atom is -0.484 e. The normalized spacial score (nSPS) is 31.0. The van der Waals surface area contributed by atoms with Crippen LogP contribution in [0.25, 0.3) is 0 Å². The molecule has 1 aromatic rings. The van der Waals surface area contributed by atoms with E-state index in [0.717, 1.165) is 0 Å². The SMILES string of the molecule is CC(C)C(=O)N[C@@H]1C[C@H]2Oc3cccnc3N[C@H]2[C@@H]1O. The smallest absolute Gasteiger partial charge is 0.222 e. The van der Waals surface area contributed by atoms with Gasteiger partial charge in [-0.2, -0.15) is 0 Å². The van der Waals surface area contributed by atoms with Gasteiger partial charge in [-0.1, -0.05) is 13.8 Å². The predicted molar refractivity (Wildman–Crippen MR) is 73.5 cm³/mol. The Morgan fingerprint density at radius 3 is 3.15 bits per heavy atom. The zero-order chi connectivity index (χ0) is 14.3. The molecule has 6 heteroatoms. The molecule has 3 rings (SSSR count). The minimum atomic E-state index is -0.683. The standard InChI is InChI=1S/C14H19N3O3/c1-7(2)14(19)16-8-6-10-11(12(8)18)17-13-9(20-10)4-3-5-15-13/h3-5,7-8,10-12,18H,6H2,1-2H3,(H,15,17)(H,16,19)/t8-,10-,11-,12-/m1/s1. The average molecular weight is 277 g/mol. The number of anilines is 1. The molecule has 108 valence electrons. The summed E-state index contributed by atoms with van der Waals surface area (Å²) in [6.07, 6.45) is 1.43. The molecule has 1 saturated carbocycles. The lowest BCUT2D eigenvalue weighted by Gasteiger charge is -2.30. The fourth-order valence-electron chi connectivity index (χ4n) is 2.71. The van der Waals surface area contributed by atoms with Crippen LogP contribution in [0.15, 0.2) is 18.3 Å². The minimum absolute atomic E-state index is 0.0525. The van der Waals surface area contributed by atoms with Crippen molar-refractivity contribution in [3.8, 4) is 5.75 Å². The Balaban J connectivity index is 1.73. The Morgan fingerprint density at radius 2 is 2.40 bits per heavy atom. The maximum atomic E-state index is 11.8. The van der Waals surface area contributed by atoms with Crippen molar-refractivity contribution in [3.05, 3.63) is 18.3 Å². The molecule has 0 unspecified atom stereocenters. The quantitative estimate of drug-likeness (QED) is 0.734. The van der Waals surface area contributed by atoms with Crippen LogP contribution in [0, 0.1) is 5.92 Å². The molecule has 1 aromatic heterocycles. The Morgan fingerprint density at radius 1 is 1.60 bits per heavy atom. The summed E-state index contributed by atoms with van der Waals surface area (Å²) in [6, 6.07) is 3.12. The molecule has 0 radical (unpaired) electrons. The van der Waals surface area contributed by atoms with Crippen molar-refractivity contribution in [1.29, 1.82) is 0 Å². The van der Waals surface area contributed by atoms with Crippen molar-refractivity contribution in [2.45, 2.75) is 44.6 Å². The Labute approximate surface area is 117 Å². The Bertz CT molecular complexity index is 520. The van der Waals surface area contributed by atoms with Gasteiger partial charge in [0.15, 0.2) is 11.6 Å². The van der Waals surface area contributed by atoms with Crippen molar-refractivity contribution < 1.29 is 14.6 Å². The van der Waals surface area contributed by atoms with E-state index in [0.29, 0.717) is 18.0 Å². The maximum absolute atomic E-state index is 11.8. The number of carbonyl (C=O) groups excluding carboxylic acids is 1. The Hall–Kier alpha value is -1.82. The van der Waals surface area contributed by atoms with E-state index in [1.54, 1.807) is 6.20 Å². The molecule has 1 aliphatic heterocycles. The number of fused-ring (bicyclic) bond motifs is 2. The van der Waals surface area contributed by atoms with Crippen molar-refractivity contribution in [2.75, 3.05) is 5.32 Å². The summed E-state index contributed by atoms with van der Waals surface area (Å²) in [5.41, 5.74) is 0. The van der Waals surface area contributed by atoms with E-state index in [1.807, 2.05) is 26.0 Å². The molecule has 1 aliphatic carbocycles. The van der Waals surface area contributed by atoms with E-state index >= 15 is 0 Å². The zero-order valence-corrected chi connectivity index (χ0v) is 11.5. The number of hydrogen-bond acceptors (Lipinski definition) is 5. The highest BCUT2D eigenvalue weighted by Crippen LogP contribution is 2.36. The van der Waals surface area contributed by atoms with Gasteiger partial charge >= 0.3 is 0 Å². The second-order valence-electron chi connectivity index (χ2n) is 5.67. The van der Waals surface area contributed by atoms with Gasteiger partial charge in [-0.25, -0.2) is 4.98 Å². The number of nitrogens with zero attached hydrogens (tertiary/aromatic N) is 1. The summed E-state index contributed by atoms with van der Waals surface area (Å²) in [4.78, 5) is 16.0. The largest absolute Gasteiger partial charge is 0.484 e. The first-order chi connectivity index (χ1) is 9.56. The third kappa shape index (κ3) is 2.20. The average Bonchev–Trinajstić information content (AvgIpc) is 2.72. The molecule has 3 N–H and O–H groups in total. The summed E-state index contributed by atoms with van der Waals surface area (Å²) in [5.74, 6) is 1.18. The van der Waals surface area contributed by atoms with Crippen molar-refractivity contribution >= 4 is 11.7 Å². The number of aliphatic hydroxyl groups is 1. The number of nitrogens with one attached hydrogen (secondary N) is 2. The van der Waals surface area contributed by atoms with Gasteiger partial charge in [0.25, 0.3) is 0 Å². The maximum Gasteiger partial charge on any atom is 0.222 e. The molecule has 1 amide bonds.